The van der Waals surface area contributed by atoms with E-state index in [4.69, 9.17) is 5.73 Å². The van der Waals surface area contributed by atoms with Crippen LogP contribution < -0.4 is 5.73 Å². The number of carbonyl (C=O) groups excluding carboxylic acids is 1. The summed E-state index contributed by atoms with van der Waals surface area (Å²) in [5.74, 6) is -1.85. The van der Waals surface area contributed by atoms with Crippen molar-refractivity contribution in [2.75, 3.05) is 6.54 Å². The molecule has 0 bridgehead atoms. The van der Waals surface area contributed by atoms with E-state index in [0.717, 1.165) is 18.2 Å². The summed E-state index contributed by atoms with van der Waals surface area (Å²) in [6.45, 7) is 0.178. The second kappa shape index (κ2) is 4.09. The molecule has 0 aromatic heterocycles. The molecule has 0 amide bonds. The fourth-order valence-electron chi connectivity index (χ4n) is 0.990. The van der Waals surface area contributed by atoms with Gasteiger partial charge >= 0.3 is 0 Å². The van der Waals surface area contributed by atoms with Gasteiger partial charge in [0.1, 0.15) is 11.6 Å². The standard InChI is InChI=1S/C9H9F2NO/c10-7-3-6(4-8(11)5-7)9(13)1-2-12/h3-5H,1-2,12H2. The van der Waals surface area contributed by atoms with Crippen molar-refractivity contribution in [3.63, 3.8) is 0 Å². The number of ketones is 1. The first-order chi connectivity index (χ1) is 6.13. The number of Topliss-reactive ketones (excluding diaryl/α,β-unsaturated/α-hetero) is 1. The first-order valence-electron chi connectivity index (χ1n) is 3.83. The third kappa shape index (κ3) is 2.59. The van der Waals surface area contributed by atoms with Crippen LogP contribution >= 0.6 is 0 Å². The molecule has 0 spiro atoms. The van der Waals surface area contributed by atoms with E-state index in [9.17, 15) is 13.6 Å². The molecule has 70 valence electrons. The fraction of sp³-hybridized carbons (Fsp3) is 0.222. The van der Waals surface area contributed by atoms with Gasteiger partial charge in [-0.1, -0.05) is 0 Å². The first kappa shape index (κ1) is 9.80. The van der Waals surface area contributed by atoms with Gasteiger partial charge in [0.25, 0.3) is 0 Å². The largest absolute Gasteiger partial charge is 0.330 e. The predicted molar refractivity (Wildman–Crippen MR) is 44.4 cm³/mol. The van der Waals surface area contributed by atoms with Crippen LogP contribution in [-0.2, 0) is 0 Å². The lowest BCUT2D eigenvalue weighted by Gasteiger charge is -1.99. The number of hydrogen-bond donors (Lipinski definition) is 1. The molecule has 0 saturated heterocycles. The van der Waals surface area contributed by atoms with Crippen molar-refractivity contribution in [2.45, 2.75) is 6.42 Å². The van der Waals surface area contributed by atoms with Crippen LogP contribution in [-0.4, -0.2) is 12.3 Å². The summed E-state index contributed by atoms with van der Waals surface area (Å²) in [6, 6.07) is 2.72. The molecule has 0 saturated carbocycles. The van der Waals surface area contributed by atoms with Crippen molar-refractivity contribution in [3.8, 4) is 0 Å². The molecule has 0 aliphatic carbocycles. The highest BCUT2D eigenvalue weighted by atomic mass is 19.1. The van der Waals surface area contributed by atoms with Gasteiger partial charge in [-0.15, -0.1) is 0 Å². The summed E-state index contributed by atoms with van der Waals surface area (Å²) in [5.41, 5.74) is 5.17. The number of hydrogen-bond acceptors (Lipinski definition) is 2. The zero-order chi connectivity index (χ0) is 9.84. The summed E-state index contributed by atoms with van der Waals surface area (Å²) in [5, 5.41) is 0. The van der Waals surface area contributed by atoms with Gasteiger partial charge in [0.15, 0.2) is 5.78 Å². The number of rotatable bonds is 3. The molecular formula is C9H9F2NO. The van der Waals surface area contributed by atoms with Crippen LogP contribution in [0.2, 0.25) is 0 Å². The monoisotopic (exact) mass is 185 g/mol. The molecule has 1 aromatic carbocycles. The molecule has 0 fully saturated rings. The Balaban J connectivity index is 2.94. The van der Waals surface area contributed by atoms with Gasteiger partial charge in [-0.3, -0.25) is 4.79 Å². The third-order valence-corrected chi connectivity index (χ3v) is 1.56. The topological polar surface area (TPSA) is 43.1 Å². The maximum absolute atomic E-state index is 12.6. The van der Waals surface area contributed by atoms with E-state index in [1.54, 1.807) is 0 Å². The Morgan fingerprint density at radius 1 is 1.23 bits per heavy atom. The second-order valence-corrected chi connectivity index (χ2v) is 2.62. The van der Waals surface area contributed by atoms with E-state index in [-0.39, 0.29) is 24.3 Å². The van der Waals surface area contributed by atoms with Crippen molar-refractivity contribution in [2.24, 2.45) is 5.73 Å². The van der Waals surface area contributed by atoms with Gasteiger partial charge in [0, 0.05) is 18.1 Å². The molecule has 0 atom stereocenters. The van der Waals surface area contributed by atoms with Crippen LogP contribution in [0.4, 0.5) is 8.78 Å². The average molecular weight is 185 g/mol. The van der Waals surface area contributed by atoms with Crippen molar-refractivity contribution >= 4 is 5.78 Å². The summed E-state index contributed by atoms with van der Waals surface area (Å²) < 4.78 is 25.2. The number of carbonyl (C=O) groups is 1. The Labute approximate surface area is 74.4 Å². The Kier molecular flexibility index (Phi) is 3.08. The highest BCUT2D eigenvalue weighted by Crippen LogP contribution is 2.09. The Hall–Kier alpha value is -1.29. The van der Waals surface area contributed by atoms with Crippen LogP contribution in [0, 0.1) is 11.6 Å². The quantitative estimate of drug-likeness (QED) is 0.725. The summed E-state index contributed by atoms with van der Waals surface area (Å²) >= 11 is 0. The van der Waals surface area contributed by atoms with Gasteiger partial charge in [0.05, 0.1) is 0 Å². The zero-order valence-electron chi connectivity index (χ0n) is 6.89. The molecule has 0 aliphatic heterocycles. The van der Waals surface area contributed by atoms with Gasteiger partial charge in [-0.05, 0) is 18.7 Å². The average Bonchev–Trinajstić information content (AvgIpc) is 2.03. The van der Waals surface area contributed by atoms with Crippen LogP contribution in [0.1, 0.15) is 16.8 Å². The number of nitrogens with two attached hydrogens (primary N) is 1. The minimum absolute atomic E-state index is 0.0305. The highest BCUT2D eigenvalue weighted by Gasteiger charge is 2.07. The summed E-state index contributed by atoms with van der Waals surface area (Å²) in [7, 11) is 0. The predicted octanol–water partition coefficient (Wildman–Crippen LogP) is 1.50. The van der Waals surface area contributed by atoms with Crippen molar-refractivity contribution < 1.29 is 13.6 Å². The Bertz CT molecular complexity index is 305. The van der Waals surface area contributed by atoms with Crippen LogP contribution in [0.15, 0.2) is 18.2 Å². The molecule has 0 heterocycles. The number of benzene rings is 1. The lowest BCUT2D eigenvalue weighted by atomic mass is 10.1. The fourth-order valence-corrected chi connectivity index (χ4v) is 0.990. The molecule has 0 radical (unpaired) electrons. The van der Waals surface area contributed by atoms with Crippen molar-refractivity contribution in [3.05, 3.63) is 35.4 Å². The van der Waals surface area contributed by atoms with Crippen molar-refractivity contribution in [1.29, 1.82) is 0 Å². The van der Waals surface area contributed by atoms with E-state index >= 15 is 0 Å². The van der Waals surface area contributed by atoms with E-state index < -0.39 is 11.6 Å². The molecule has 0 aliphatic rings. The van der Waals surface area contributed by atoms with Gasteiger partial charge in [0.2, 0.25) is 0 Å². The summed E-state index contributed by atoms with van der Waals surface area (Å²) in [6.07, 6.45) is 0.100. The maximum atomic E-state index is 12.6. The SMILES string of the molecule is NCCC(=O)c1cc(F)cc(F)c1. The first-order valence-corrected chi connectivity index (χ1v) is 3.83. The van der Waals surface area contributed by atoms with Crippen LogP contribution in [0.5, 0.6) is 0 Å². The van der Waals surface area contributed by atoms with Gasteiger partial charge < -0.3 is 5.73 Å². The lowest BCUT2D eigenvalue weighted by molar-refractivity contribution is 0.0984. The molecular weight excluding hydrogens is 176 g/mol. The van der Waals surface area contributed by atoms with E-state index in [2.05, 4.69) is 0 Å². The van der Waals surface area contributed by atoms with E-state index in [1.807, 2.05) is 0 Å². The molecule has 1 rings (SSSR count). The van der Waals surface area contributed by atoms with Gasteiger partial charge in [-0.2, -0.15) is 0 Å². The van der Waals surface area contributed by atoms with E-state index in [1.165, 1.54) is 0 Å². The smallest absolute Gasteiger partial charge is 0.164 e. The highest BCUT2D eigenvalue weighted by molar-refractivity contribution is 5.96. The Morgan fingerprint density at radius 2 is 1.77 bits per heavy atom. The van der Waals surface area contributed by atoms with Gasteiger partial charge in [-0.25, -0.2) is 8.78 Å². The molecule has 1 aromatic rings. The molecule has 0 unspecified atom stereocenters. The molecule has 2 N–H and O–H groups in total. The zero-order valence-corrected chi connectivity index (χ0v) is 6.89. The third-order valence-electron chi connectivity index (χ3n) is 1.56. The minimum atomic E-state index is -0.750. The number of halogens is 2. The molecule has 4 heteroatoms. The van der Waals surface area contributed by atoms with Crippen LogP contribution in [0.3, 0.4) is 0 Å². The Morgan fingerprint density at radius 3 is 2.23 bits per heavy atom. The summed E-state index contributed by atoms with van der Waals surface area (Å²) in [4.78, 5) is 11.1. The lowest BCUT2D eigenvalue weighted by Crippen LogP contribution is -2.08. The normalized spacial score (nSPS) is 10.1. The van der Waals surface area contributed by atoms with E-state index in [0.29, 0.717) is 0 Å². The second-order valence-electron chi connectivity index (χ2n) is 2.62. The molecule has 13 heavy (non-hydrogen) atoms. The van der Waals surface area contributed by atoms with Crippen molar-refractivity contribution in [1.82, 2.24) is 0 Å². The maximum Gasteiger partial charge on any atom is 0.164 e. The van der Waals surface area contributed by atoms with Crippen LogP contribution in [0.25, 0.3) is 0 Å². The molecule has 2 nitrogen and oxygen atoms in total. The minimum Gasteiger partial charge on any atom is -0.330 e.